The van der Waals surface area contributed by atoms with Gasteiger partial charge in [0.1, 0.15) is 0 Å². The Morgan fingerprint density at radius 2 is 1.76 bits per heavy atom. The van der Waals surface area contributed by atoms with Crippen LogP contribution in [0.25, 0.3) is 5.57 Å². The van der Waals surface area contributed by atoms with Crippen LogP contribution in [0.4, 0.5) is 17.1 Å². The summed E-state index contributed by atoms with van der Waals surface area (Å²) >= 11 is 0. The van der Waals surface area contributed by atoms with E-state index in [2.05, 4.69) is 64.9 Å². The molecule has 2 aliphatic rings. The fourth-order valence-corrected chi connectivity index (χ4v) is 4.85. The van der Waals surface area contributed by atoms with Crippen LogP contribution in [-0.2, 0) is 24.2 Å². The smallest absolute Gasteiger partial charge is 0.258 e. The minimum absolute atomic E-state index is 0.102. The Bertz CT molecular complexity index is 1240. The molecule has 2 heterocycles. The first kappa shape index (κ1) is 21.3. The number of nitrogen functional groups attached to an aromatic ring is 1. The summed E-state index contributed by atoms with van der Waals surface area (Å²) in [6, 6.07) is 20.9. The maximum absolute atomic E-state index is 12.5. The van der Waals surface area contributed by atoms with Crippen molar-refractivity contribution in [2.24, 2.45) is 0 Å². The van der Waals surface area contributed by atoms with E-state index in [1.807, 2.05) is 19.1 Å². The van der Waals surface area contributed by atoms with Crippen LogP contribution < -0.4 is 16.4 Å². The highest BCUT2D eigenvalue weighted by molar-refractivity contribution is 6.32. The van der Waals surface area contributed by atoms with Crippen LogP contribution in [0.2, 0.25) is 0 Å². The Labute approximate surface area is 195 Å². The molecule has 0 fully saturated rings. The molecule has 0 atom stereocenters. The van der Waals surface area contributed by atoms with E-state index in [9.17, 15) is 4.79 Å². The highest BCUT2D eigenvalue weighted by Crippen LogP contribution is 2.35. The third-order valence-corrected chi connectivity index (χ3v) is 6.61. The number of allylic oxidation sites excluding steroid dienone is 1. The maximum Gasteiger partial charge on any atom is 0.258 e. The van der Waals surface area contributed by atoms with Crippen LogP contribution >= 0.6 is 0 Å². The number of anilines is 3. The molecule has 0 radical (unpaired) electrons. The molecule has 0 unspecified atom stereocenters. The number of carbonyl (C=O) groups excluding carboxylic acids is 1. The number of nitrogens with one attached hydrogen (secondary N) is 2. The van der Waals surface area contributed by atoms with Crippen molar-refractivity contribution < 1.29 is 4.79 Å². The number of aryl methyl sites for hydroxylation is 1. The van der Waals surface area contributed by atoms with Gasteiger partial charge in [-0.1, -0.05) is 35.9 Å². The topological polar surface area (TPSA) is 70.4 Å². The molecule has 0 saturated carbocycles. The molecule has 3 aromatic rings. The SMILES string of the molecule is C/C(Nc1ccc(CN2CCc3ccc(C)cc3CC2)cc1)=C1/C(=O)Nc2ccc(N)cc21. The zero-order valence-electron chi connectivity index (χ0n) is 19.2. The fourth-order valence-electron chi connectivity index (χ4n) is 4.85. The summed E-state index contributed by atoms with van der Waals surface area (Å²) in [5.41, 5.74) is 16.3. The van der Waals surface area contributed by atoms with E-state index >= 15 is 0 Å². The molecule has 0 aliphatic carbocycles. The molecule has 168 valence electrons. The van der Waals surface area contributed by atoms with Gasteiger partial charge in [0.2, 0.25) is 0 Å². The molecule has 0 aromatic heterocycles. The summed E-state index contributed by atoms with van der Waals surface area (Å²) in [4.78, 5) is 15.1. The lowest BCUT2D eigenvalue weighted by Gasteiger charge is -2.20. The highest BCUT2D eigenvalue weighted by Gasteiger charge is 2.26. The highest BCUT2D eigenvalue weighted by atomic mass is 16.2. The monoisotopic (exact) mass is 438 g/mol. The summed E-state index contributed by atoms with van der Waals surface area (Å²) in [5.74, 6) is -0.102. The average Bonchev–Trinajstić information content (AvgIpc) is 2.99. The molecule has 0 saturated heterocycles. The van der Waals surface area contributed by atoms with Gasteiger partial charge in [0.05, 0.1) is 5.57 Å². The minimum Gasteiger partial charge on any atom is -0.399 e. The van der Waals surface area contributed by atoms with E-state index in [-0.39, 0.29) is 5.91 Å². The zero-order chi connectivity index (χ0) is 22.9. The summed E-state index contributed by atoms with van der Waals surface area (Å²) in [5, 5.41) is 6.31. The average molecular weight is 439 g/mol. The van der Waals surface area contributed by atoms with E-state index < -0.39 is 0 Å². The lowest BCUT2D eigenvalue weighted by Crippen LogP contribution is -2.25. The normalized spacial score (nSPS) is 17.1. The molecule has 0 spiro atoms. The van der Waals surface area contributed by atoms with Crippen molar-refractivity contribution >= 4 is 28.5 Å². The summed E-state index contributed by atoms with van der Waals surface area (Å²) in [6.45, 7) is 7.21. The lowest BCUT2D eigenvalue weighted by atomic mass is 10.0. The summed E-state index contributed by atoms with van der Waals surface area (Å²) in [7, 11) is 0. The van der Waals surface area contributed by atoms with Gasteiger partial charge in [-0.15, -0.1) is 0 Å². The molecule has 1 amide bonds. The van der Waals surface area contributed by atoms with Crippen molar-refractivity contribution in [2.75, 3.05) is 29.5 Å². The standard InChI is InChI=1S/C28H30N4O/c1-18-3-6-21-11-13-32(14-12-22(21)15-18)17-20-4-8-24(9-5-20)30-19(2)27-25-16-23(29)7-10-26(25)31-28(27)33/h3-10,15-16,30H,11-14,17,29H2,1-2H3,(H,31,33)/b27-19-. The van der Waals surface area contributed by atoms with Crippen LogP contribution in [0.5, 0.6) is 0 Å². The molecule has 5 heteroatoms. The molecule has 5 rings (SSSR count). The third-order valence-electron chi connectivity index (χ3n) is 6.61. The van der Waals surface area contributed by atoms with Crippen LogP contribution in [0.3, 0.4) is 0 Å². The minimum atomic E-state index is -0.102. The number of amides is 1. The van der Waals surface area contributed by atoms with Crippen molar-refractivity contribution in [3.05, 3.63) is 94.2 Å². The van der Waals surface area contributed by atoms with Gasteiger partial charge in [-0.05, 0) is 73.7 Å². The van der Waals surface area contributed by atoms with Crippen LogP contribution in [0, 0.1) is 6.92 Å². The first-order chi connectivity index (χ1) is 16.0. The Morgan fingerprint density at radius 1 is 1.00 bits per heavy atom. The second kappa shape index (κ2) is 8.75. The van der Waals surface area contributed by atoms with Gasteiger partial charge in [-0.2, -0.15) is 0 Å². The van der Waals surface area contributed by atoms with Crippen molar-refractivity contribution in [2.45, 2.75) is 33.2 Å². The molecule has 0 bridgehead atoms. The van der Waals surface area contributed by atoms with Crippen molar-refractivity contribution in [3.8, 4) is 0 Å². The Morgan fingerprint density at radius 3 is 2.55 bits per heavy atom. The second-order valence-corrected chi connectivity index (χ2v) is 9.13. The van der Waals surface area contributed by atoms with Crippen LogP contribution in [-0.4, -0.2) is 23.9 Å². The number of rotatable bonds is 4. The number of nitrogens with zero attached hydrogens (tertiary/aromatic N) is 1. The van der Waals surface area contributed by atoms with Gasteiger partial charge in [-0.25, -0.2) is 0 Å². The molecule has 4 N–H and O–H groups in total. The van der Waals surface area contributed by atoms with Gasteiger partial charge in [0.15, 0.2) is 0 Å². The molecule has 3 aromatic carbocycles. The van der Waals surface area contributed by atoms with Crippen LogP contribution in [0.1, 0.15) is 34.7 Å². The largest absolute Gasteiger partial charge is 0.399 e. The number of carbonyl (C=O) groups is 1. The molecular weight excluding hydrogens is 408 g/mol. The van der Waals surface area contributed by atoms with Crippen LogP contribution in [0.15, 0.2) is 66.4 Å². The molecule has 33 heavy (non-hydrogen) atoms. The number of hydrogen-bond donors (Lipinski definition) is 3. The Balaban J connectivity index is 1.26. The first-order valence-corrected chi connectivity index (χ1v) is 11.5. The number of benzene rings is 3. The summed E-state index contributed by atoms with van der Waals surface area (Å²) < 4.78 is 0. The predicted molar refractivity (Wildman–Crippen MR) is 136 cm³/mol. The second-order valence-electron chi connectivity index (χ2n) is 9.13. The fraction of sp³-hybridized carbons (Fsp3) is 0.250. The van der Waals surface area contributed by atoms with E-state index in [0.29, 0.717) is 11.3 Å². The quantitative estimate of drug-likeness (QED) is 0.397. The van der Waals surface area contributed by atoms with Crippen molar-refractivity contribution in [3.63, 3.8) is 0 Å². The summed E-state index contributed by atoms with van der Waals surface area (Å²) in [6.07, 6.45) is 2.22. The van der Waals surface area contributed by atoms with Gasteiger partial charge in [0.25, 0.3) is 5.91 Å². The van der Waals surface area contributed by atoms with E-state index in [1.54, 1.807) is 6.07 Å². The van der Waals surface area contributed by atoms with E-state index in [4.69, 9.17) is 5.73 Å². The number of fused-ring (bicyclic) bond motifs is 2. The molecule has 2 aliphatic heterocycles. The lowest BCUT2D eigenvalue weighted by molar-refractivity contribution is -0.110. The van der Waals surface area contributed by atoms with Crippen molar-refractivity contribution in [1.82, 2.24) is 4.90 Å². The molecular formula is C28H30N4O. The predicted octanol–water partition coefficient (Wildman–Crippen LogP) is 4.97. The third kappa shape index (κ3) is 4.50. The van der Waals surface area contributed by atoms with Crippen molar-refractivity contribution in [1.29, 1.82) is 0 Å². The Hall–Kier alpha value is -3.57. The molecule has 5 nitrogen and oxygen atoms in total. The number of hydrogen-bond acceptors (Lipinski definition) is 4. The van der Waals surface area contributed by atoms with E-state index in [1.165, 1.54) is 22.3 Å². The number of nitrogens with two attached hydrogens (primary N) is 1. The van der Waals surface area contributed by atoms with Gasteiger partial charge in [0, 0.05) is 48.0 Å². The van der Waals surface area contributed by atoms with Gasteiger partial charge >= 0.3 is 0 Å². The van der Waals surface area contributed by atoms with Gasteiger partial charge in [-0.3, -0.25) is 9.69 Å². The maximum atomic E-state index is 12.5. The van der Waals surface area contributed by atoms with E-state index in [0.717, 1.165) is 55.1 Å². The zero-order valence-corrected chi connectivity index (χ0v) is 19.2. The Kier molecular flexibility index (Phi) is 5.65. The van der Waals surface area contributed by atoms with Gasteiger partial charge < -0.3 is 16.4 Å². The first-order valence-electron chi connectivity index (χ1n) is 11.5.